The van der Waals surface area contributed by atoms with E-state index in [1.54, 1.807) is 44.8 Å². The van der Waals surface area contributed by atoms with E-state index >= 15 is 0 Å². The predicted molar refractivity (Wildman–Crippen MR) is 178 cm³/mol. The Labute approximate surface area is 278 Å². The van der Waals surface area contributed by atoms with E-state index in [2.05, 4.69) is 15.6 Å². The summed E-state index contributed by atoms with van der Waals surface area (Å²) in [6.45, 7) is 4.47. The lowest BCUT2D eigenvalue weighted by Crippen LogP contribution is -2.31. The Morgan fingerprint density at radius 1 is 1.04 bits per heavy atom. The molecule has 4 aromatic rings. The van der Waals surface area contributed by atoms with Crippen molar-refractivity contribution in [3.8, 4) is 11.5 Å². The third-order valence-corrected chi connectivity index (χ3v) is 9.37. The average molecular weight is 664 g/mol. The number of hydrogen-bond acceptors (Lipinski definition) is 10. The number of benzene rings is 2. The zero-order chi connectivity index (χ0) is 32.5. The maximum absolute atomic E-state index is 13.5. The second kappa shape index (κ2) is 16.0. The first kappa shape index (κ1) is 33.4. The maximum atomic E-state index is 13.5. The van der Waals surface area contributed by atoms with Gasteiger partial charge in [-0.25, -0.2) is 9.59 Å². The van der Waals surface area contributed by atoms with Gasteiger partial charge in [0.1, 0.15) is 17.0 Å². The van der Waals surface area contributed by atoms with Crippen molar-refractivity contribution < 1.29 is 28.5 Å². The first-order valence-electron chi connectivity index (χ1n) is 15.1. The molecular formula is C35H38ClN3O6S. The number of thiophene rings is 1. The van der Waals surface area contributed by atoms with Gasteiger partial charge in [0.2, 0.25) is 0 Å². The minimum Gasteiger partial charge on any atom is -0.493 e. The highest BCUT2D eigenvalue weighted by atomic mass is 35.5. The van der Waals surface area contributed by atoms with Crippen molar-refractivity contribution in [2.75, 3.05) is 33.9 Å². The molecule has 0 radical (unpaired) electrons. The van der Waals surface area contributed by atoms with Crippen LogP contribution in [0.5, 0.6) is 11.5 Å². The second-order valence-electron chi connectivity index (χ2n) is 11.1. The Hall–Kier alpha value is -3.96. The standard InChI is InChI=1S/C35H38ClN3O6S/c1-22-17-38-20-28(36)27(22)16-30(25-9-11-29(42-2)31(15-25)43-3)45-34(40)32-12-10-26(46-32)19-39-33(24-7-5-4-6-8-24)35(41)44-21-23-13-14-37-18-23/h4-12,15,17,20,23,30,33,37,39H,13-14,16,18-19,21H2,1-3H3/t23-,30+,33?/m1/s1. The molecule has 46 heavy (non-hydrogen) atoms. The van der Waals surface area contributed by atoms with Gasteiger partial charge in [0.05, 0.1) is 25.8 Å². The lowest BCUT2D eigenvalue weighted by atomic mass is 9.98. The normalized spacial score (nSPS) is 15.6. The van der Waals surface area contributed by atoms with Crippen molar-refractivity contribution in [3.63, 3.8) is 0 Å². The zero-order valence-electron chi connectivity index (χ0n) is 26.1. The molecule has 0 bridgehead atoms. The smallest absolute Gasteiger partial charge is 0.348 e. The van der Waals surface area contributed by atoms with Gasteiger partial charge in [-0.15, -0.1) is 11.3 Å². The summed E-state index contributed by atoms with van der Waals surface area (Å²) in [5.41, 5.74) is 3.28. The van der Waals surface area contributed by atoms with Gasteiger partial charge < -0.3 is 24.3 Å². The van der Waals surface area contributed by atoms with Crippen molar-refractivity contribution in [3.05, 3.63) is 110 Å². The molecule has 1 fully saturated rings. The molecule has 1 unspecified atom stereocenters. The molecule has 0 aliphatic carbocycles. The lowest BCUT2D eigenvalue weighted by molar-refractivity contribution is -0.147. The highest BCUT2D eigenvalue weighted by Gasteiger charge is 2.26. The minimum atomic E-state index is -0.665. The fourth-order valence-corrected chi connectivity index (χ4v) is 6.50. The van der Waals surface area contributed by atoms with Crippen LogP contribution in [0.2, 0.25) is 5.02 Å². The van der Waals surface area contributed by atoms with Crippen LogP contribution in [-0.4, -0.2) is 50.8 Å². The van der Waals surface area contributed by atoms with Crippen molar-refractivity contribution in [2.24, 2.45) is 5.92 Å². The Bertz CT molecular complexity index is 1610. The summed E-state index contributed by atoms with van der Waals surface area (Å²) in [6.07, 6.45) is 3.98. The molecule has 9 nitrogen and oxygen atoms in total. The lowest BCUT2D eigenvalue weighted by Gasteiger charge is -2.21. The van der Waals surface area contributed by atoms with Gasteiger partial charge in [0.15, 0.2) is 11.5 Å². The van der Waals surface area contributed by atoms with Crippen LogP contribution in [0.1, 0.15) is 55.4 Å². The fraction of sp³-hybridized carbons (Fsp3) is 0.343. The number of esters is 2. The van der Waals surface area contributed by atoms with E-state index in [4.69, 9.17) is 30.5 Å². The molecule has 242 valence electrons. The van der Waals surface area contributed by atoms with Gasteiger partial charge >= 0.3 is 11.9 Å². The highest BCUT2D eigenvalue weighted by molar-refractivity contribution is 7.13. The second-order valence-corrected chi connectivity index (χ2v) is 12.7. The van der Waals surface area contributed by atoms with Gasteiger partial charge in [0, 0.05) is 42.7 Å². The Kier molecular flexibility index (Phi) is 11.7. The van der Waals surface area contributed by atoms with Gasteiger partial charge in [-0.1, -0.05) is 48.0 Å². The van der Waals surface area contributed by atoms with E-state index in [-0.39, 0.29) is 5.97 Å². The largest absolute Gasteiger partial charge is 0.493 e. The molecule has 0 saturated carbocycles. The van der Waals surface area contributed by atoms with Gasteiger partial charge in [-0.2, -0.15) is 0 Å². The number of pyridine rings is 1. The zero-order valence-corrected chi connectivity index (χ0v) is 27.7. The Morgan fingerprint density at radius 2 is 1.85 bits per heavy atom. The first-order valence-corrected chi connectivity index (χ1v) is 16.3. The third kappa shape index (κ3) is 8.44. The van der Waals surface area contributed by atoms with Crippen molar-refractivity contribution >= 4 is 34.9 Å². The number of methoxy groups -OCH3 is 2. The molecule has 1 aliphatic heterocycles. The molecule has 0 spiro atoms. The number of ether oxygens (including phenoxy) is 4. The highest BCUT2D eigenvalue weighted by Crippen LogP contribution is 2.35. The number of carbonyl (C=O) groups is 2. The van der Waals surface area contributed by atoms with Gasteiger partial charge in [-0.3, -0.25) is 10.3 Å². The Balaban J connectivity index is 1.30. The van der Waals surface area contributed by atoms with Crippen LogP contribution < -0.4 is 20.1 Å². The number of aromatic nitrogens is 1. The van der Waals surface area contributed by atoms with E-state index in [9.17, 15) is 9.59 Å². The van der Waals surface area contributed by atoms with E-state index < -0.39 is 18.1 Å². The topological polar surface area (TPSA) is 108 Å². The molecule has 3 heterocycles. The summed E-state index contributed by atoms with van der Waals surface area (Å²) in [5.74, 6) is 0.625. The molecule has 5 rings (SSSR count). The summed E-state index contributed by atoms with van der Waals surface area (Å²) in [4.78, 5) is 32.2. The number of hydrogen-bond donors (Lipinski definition) is 2. The summed E-state index contributed by atoms with van der Waals surface area (Å²) in [6, 6.07) is 17.9. The first-order chi connectivity index (χ1) is 22.4. The van der Waals surface area contributed by atoms with Crippen LogP contribution in [0.25, 0.3) is 0 Å². The van der Waals surface area contributed by atoms with E-state index in [0.717, 1.165) is 46.6 Å². The predicted octanol–water partition coefficient (Wildman–Crippen LogP) is 6.25. The summed E-state index contributed by atoms with van der Waals surface area (Å²) in [5, 5.41) is 7.13. The molecule has 0 amide bonds. The quantitative estimate of drug-likeness (QED) is 0.152. The number of aryl methyl sites for hydroxylation is 1. The van der Waals surface area contributed by atoms with E-state index in [0.29, 0.717) is 46.9 Å². The monoisotopic (exact) mass is 663 g/mol. The van der Waals surface area contributed by atoms with Gasteiger partial charge in [0.25, 0.3) is 0 Å². The van der Waals surface area contributed by atoms with Crippen LogP contribution in [0.3, 0.4) is 0 Å². The number of rotatable bonds is 14. The SMILES string of the molecule is COc1ccc([C@H](Cc2c(C)cncc2Cl)OC(=O)c2ccc(CNC(C(=O)OC[C@@H]3CCNC3)c3ccccc3)s2)cc1OC. The minimum absolute atomic E-state index is 0.322. The summed E-state index contributed by atoms with van der Waals surface area (Å²) < 4.78 is 22.8. The summed E-state index contributed by atoms with van der Waals surface area (Å²) in [7, 11) is 3.13. The van der Waals surface area contributed by atoms with Crippen LogP contribution >= 0.6 is 22.9 Å². The molecule has 1 aliphatic rings. The number of nitrogens with zero attached hydrogens (tertiary/aromatic N) is 1. The third-order valence-electron chi connectivity index (χ3n) is 7.97. The van der Waals surface area contributed by atoms with Crippen LogP contribution in [-0.2, 0) is 27.2 Å². The number of halogens is 1. The Morgan fingerprint density at radius 3 is 2.57 bits per heavy atom. The number of nitrogens with one attached hydrogen (secondary N) is 2. The molecular weight excluding hydrogens is 626 g/mol. The molecule has 2 aromatic heterocycles. The van der Waals surface area contributed by atoms with Crippen LogP contribution in [0, 0.1) is 12.8 Å². The van der Waals surface area contributed by atoms with Crippen molar-refractivity contribution in [2.45, 2.75) is 38.5 Å². The fourth-order valence-electron chi connectivity index (χ4n) is 5.38. The molecule has 2 N–H and O–H groups in total. The maximum Gasteiger partial charge on any atom is 0.348 e. The number of carbonyl (C=O) groups excluding carboxylic acids is 2. The molecule has 11 heteroatoms. The van der Waals surface area contributed by atoms with Crippen molar-refractivity contribution in [1.82, 2.24) is 15.6 Å². The summed E-state index contributed by atoms with van der Waals surface area (Å²) >= 11 is 7.82. The van der Waals surface area contributed by atoms with E-state index in [1.165, 1.54) is 11.3 Å². The average Bonchev–Trinajstić information content (AvgIpc) is 3.78. The van der Waals surface area contributed by atoms with Crippen LogP contribution in [0.4, 0.5) is 0 Å². The molecule has 2 aromatic carbocycles. The van der Waals surface area contributed by atoms with Crippen molar-refractivity contribution in [1.29, 1.82) is 0 Å². The van der Waals surface area contributed by atoms with Gasteiger partial charge in [-0.05, 0) is 66.4 Å². The van der Waals surface area contributed by atoms with E-state index in [1.807, 2.05) is 49.4 Å². The van der Waals surface area contributed by atoms with Crippen LogP contribution in [0.15, 0.2) is 73.1 Å². The molecule has 3 atom stereocenters. The molecule has 1 saturated heterocycles.